The van der Waals surface area contributed by atoms with Gasteiger partial charge in [-0.25, -0.2) is 4.79 Å². The van der Waals surface area contributed by atoms with E-state index in [4.69, 9.17) is 5.11 Å². The highest BCUT2D eigenvalue weighted by Gasteiger charge is 2.21. The molecule has 1 atom stereocenters. The van der Waals surface area contributed by atoms with Crippen LogP contribution in [0.1, 0.15) is 41.0 Å². The molecule has 0 bridgehead atoms. The van der Waals surface area contributed by atoms with E-state index >= 15 is 0 Å². The van der Waals surface area contributed by atoms with Crippen molar-refractivity contribution in [1.82, 2.24) is 10.2 Å². The van der Waals surface area contributed by atoms with Crippen LogP contribution in [0.2, 0.25) is 0 Å². The number of nitrogens with one attached hydrogen (secondary N) is 1. The Morgan fingerprint density at radius 1 is 1.18 bits per heavy atom. The summed E-state index contributed by atoms with van der Waals surface area (Å²) < 4.78 is 0. The maximum Gasteiger partial charge on any atom is 0.323 e. The summed E-state index contributed by atoms with van der Waals surface area (Å²) in [7, 11) is 0. The molecule has 0 radical (unpaired) electrons. The van der Waals surface area contributed by atoms with E-state index in [-0.39, 0.29) is 24.7 Å². The third kappa shape index (κ3) is 6.81. The lowest BCUT2D eigenvalue weighted by atomic mass is 10.1. The molecule has 0 fully saturated rings. The summed E-state index contributed by atoms with van der Waals surface area (Å²) in [4.78, 5) is 23.8. The largest absolute Gasteiger partial charge is 0.480 e. The quantitative estimate of drug-likeness (QED) is 0.750. The lowest BCUT2D eigenvalue weighted by molar-refractivity contribution is -0.138. The van der Waals surface area contributed by atoms with Crippen molar-refractivity contribution >= 4 is 12.0 Å². The molecule has 17 heavy (non-hydrogen) atoms. The zero-order chi connectivity index (χ0) is 13.6. The first-order chi connectivity index (χ1) is 7.73. The molecule has 0 aliphatic rings. The number of amides is 2. The highest BCUT2D eigenvalue weighted by Crippen LogP contribution is 2.05. The van der Waals surface area contributed by atoms with Crippen LogP contribution >= 0.6 is 0 Å². The minimum absolute atomic E-state index is 0.0533. The van der Waals surface area contributed by atoms with Crippen LogP contribution in [-0.4, -0.2) is 40.6 Å². The first-order valence-electron chi connectivity index (χ1n) is 6.03. The van der Waals surface area contributed by atoms with Crippen molar-refractivity contribution in [3.05, 3.63) is 0 Å². The number of urea groups is 1. The molecule has 0 rings (SSSR count). The maximum absolute atomic E-state index is 11.9. The predicted octanol–water partition coefficient (Wildman–Crippen LogP) is 1.93. The third-order valence-electron chi connectivity index (χ3n) is 2.38. The molecule has 0 saturated carbocycles. The van der Waals surface area contributed by atoms with Crippen LogP contribution in [0.4, 0.5) is 4.79 Å². The molecule has 0 aliphatic carbocycles. The van der Waals surface area contributed by atoms with Gasteiger partial charge in [-0.1, -0.05) is 13.8 Å². The van der Waals surface area contributed by atoms with E-state index < -0.39 is 5.97 Å². The Hall–Kier alpha value is -1.26. The lowest BCUT2D eigenvalue weighted by Crippen LogP contribution is -2.49. The fourth-order valence-corrected chi connectivity index (χ4v) is 1.69. The van der Waals surface area contributed by atoms with Crippen molar-refractivity contribution in [3.63, 3.8) is 0 Å². The normalized spacial score (nSPS) is 12.6. The second-order valence-corrected chi connectivity index (χ2v) is 5.10. The van der Waals surface area contributed by atoms with Crippen molar-refractivity contribution in [2.45, 2.75) is 53.1 Å². The van der Waals surface area contributed by atoms with Crippen LogP contribution < -0.4 is 5.32 Å². The second-order valence-electron chi connectivity index (χ2n) is 5.10. The average molecular weight is 244 g/mol. The van der Waals surface area contributed by atoms with Gasteiger partial charge >= 0.3 is 12.0 Å². The molecule has 0 aliphatic heterocycles. The van der Waals surface area contributed by atoms with Gasteiger partial charge in [0.2, 0.25) is 0 Å². The number of carboxylic acid groups (broad SMARTS) is 1. The van der Waals surface area contributed by atoms with Crippen molar-refractivity contribution in [2.75, 3.05) is 6.54 Å². The molecule has 0 aromatic heterocycles. The lowest BCUT2D eigenvalue weighted by Gasteiger charge is -2.27. The standard InChI is InChI=1S/C12H24N2O3/c1-8(2)6-10(5)13-12(17)14(9(3)4)7-11(15)16/h8-10H,6-7H2,1-5H3,(H,13,17)(H,15,16). The van der Waals surface area contributed by atoms with Gasteiger partial charge in [0, 0.05) is 12.1 Å². The second kappa shape index (κ2) is 7.14. The van der Waals surface area contributed by atoms with Crippen LogP contribution in [-0.2, 0) is 4.79 Å². The van der Waals surface area contributed by atoms with Gasteiger partial charge in [-0.05, 0) is 33.1 Å². The van der Waals surface area contributed by atoms with Crippen LogP contribution in [0.15, 0.2) is 0 Å². The summed E-state index contributed by atoms with van der Waals surface area (Å²) in [6.07, 6.45) is 0.880. The summed E-state index contributed by atoms with van der Waals surface area (Å²) in [5.41, 5.74) is 0. The topological polar surface area (TPSA) is 69.6 Å². The monoisotopic (exact) mass is 244 g/mol. The number of rotatable bonds is 6. The Labute approximate surface area is 103 Å². The number of hydrogen-bond acceptors (Lipinski definition) is 2. The van der Waals surface area contributed by atoms with Gasteiger partial charge in [0.25, 0.3) is 0 Å². The van der Waals surface area contributed by atoms with Crippen LogP contribution in [0.25, 0.3) is 0 Å². The van der Waals surface area contributed by atoms with Crippen LogP contribution in [0, 0.1) is 5.92 Å². The summed E-state index contributed by atoms with van der Waals surface area (Å²) in [5.74, 6) is -0.498. The molecule has 100 valence electrons. The van der Waals surface area contributed by atoms with Gasteiger partial charge in [-0.2, -0.15) is 0 Å². The number of aliphatic carboxylic acids is 1. The number of nitrogens with zero attached hydrogens (tertiary/aromatic N) is 1. The first kappa shape index (κ1) is 15.7. The SMILES string of the molecule is CC(C)CC(C)NC(=O)N(CC(=O)O)C(C)C. The van der Waals surface area contributed by atoms with E-state index in [0.29, 0.717) is 5.92 Å². The first-order valence-corrected chi connectivity index (χ1v) is 6.03. The van der Waals surface area contributed by atoms with Crippen molar-refractivity contribution in [3.8, 4) is 0 Å². The Morgan fingerprint density at radius 3 is 2.06 bits per heavy atom. The molecule has 2 amide bonds. The summed E-state index contributed by atoms with van der Waals surface area (Å²) in [5, 5.41) is 11.6. The zero-order valence-electron chi connectivity index (χ0n) is 11.4. The van der Waals surface area contributed by atoms with Crippen molar-refractivity contribution in [1.29, 1.82) is 0 Å². The molecule has 1 unspecified atom stereocenters. The maximum atomic E-state index is 11.9. The van der Waals surface area contributed by atoms with E-state index in [1.54, 1.807) is 13.8 Å². The molecule has 0 aromatic rings. The third-order valence-corrected chi connectivity index (χ3v) is 2.38. The number of carboxylic acids is 1. The molecule has 5 nitrogen and oxygen atoms in total. The molecule has 5 heteroatoms. The molecule has 0 aromatic carbocycles. The van der Waals surface area contributed by atoms with Gasteiger partial charge in [0.1, 0.15) is 6.54 Å². The van der Waals surface area contributed by atoms with E-state index in [2.05, 4.69) is 19.2 Å². The fourth-order valence-electron chi connectivity index (χ4n) is 1.69. The Balaban J connectivity index is 4.37. The predicted molar refractivity (Wildman–Crippen MR) is 66.9 cm³/mol. The smallest absolute Gasteiger partial charge is 0.323 e. The number of hydrogen-bond donors (Lipinski definition) is 2. The number of carbonyl (C=O) groups excluding carboxylic acids is 1. The molecule has 0 saturated heterocycles. The Kier molecular flexibility index (Phi) is 6.61. The Morgan fingerprint density at radius 2 is 1.71 bits per heavy atom. The van der Waals surface area contributed by atoms with Crippen LogP contribution in [0.5, 0.6) is 0 Å². The van der Waals surface area contributed by atoms with Gasteiger partial charge in [0.15, 0.2) is 0 Å². The minimum atomic E-state index is -0.995. The molecular weight excluding hydrogens is 220 g/mol. The van der Waals surface area contributed by atoms with Gasteiger partial charge < -0.3 is 15.3 Å². The van der Waals surface area contributed by atoms with E-state index in [0.717, 1.165) is 6.42 Å². The summed E-state index contributed by atoms with van der Waals surface area (Å²) in [6.45, 7) is 9.43. The van der Waals surface area contributed by atoms with Crippen LogP contribution in [0.3, 0.4) is 0 Å². The number of carbonyl (C=O) groups is 2. The minimum Gasteiger partial charge on any atom is -0.480 e. The van der Waals surface area contributed by atoms with E-state index in [1.165, 1.54) is 4.90 Å². The van der Waals surface area contributed by atoms with Gasteiger partial charge in [-0.15, -0.1) is 0 Å². The Bertz CT molecular complexity index is 264. The van der Waals surface area contributed by atoms with E-state index in [9.17, 15) is 9.59 Å². The molecule has 2 N–H and O–H groups in total. The highest BCUT2D eigenvalue weighted by atomic mass is 16.4. The van der Waals surface area contributed by atoms with Crippen molar-refractivity contribution < 1.29 is 14.7 Å². The van der Waals surface area contributed by atoms with E-state index in [1.807, 2.05) is 6.92 Å². The molecule has 0 heterocycles. The zero-order valence-corrected chi connectivity index (χ0v) is 11.4. The summed E-state index contributed by atoms with van der Waals surface area (Å²) >= 11 is 0. The van der Waals surface area contributed by atoms with Crippen molar-refractivity contribution in [2.24, 2.45) is 5.92 Å². The average Bonchev–Trinajstić information content (AvgIpc) is 2.11. The fraction of sp³-hybridized carbons (Fsp3) is 0.833. The van der Waals surface area contributed by atoms with Gasteiger partial charge in [0.05, 0.1) is 0 Å². The molecule has 0 spiro atoms. The molecular formula is C12H24N2O3. The van der Waals surface area contributed by atoms with Gasteiger partial charge in [-0.3, -0.25) is 4.79 Å². The highest BCUT2D eigenvalue weighted by molar-refractivity contribution is 5.80. The summed E-state index contributed by atoms with van der Waals surface area (Å²) in [6, 6.07) is -0.384.